The second-order valence-corrected chi connectivity index (χ2v) is 8.36. The Kier molecular flexibility index (Phi) is 7.47. The minimum Gasteiger partial charge on any atom is -0.356 e. The van der Waals surface area contributed by atoms with E-state index < -0.39 is 11.2 Å². The summed E-state index contributed by atoms with van der Waals surface area (Å²) in [6.07, 6.45) is 6.18. The second-order valence-electron chi connectivity index (χ2n) is 8.36. The van der Waals surface area contributed by atoms with Crippen molar-refractivity contribution in [3.05, 3.63) is 32.6 Å². The molecule has 3 heterocycles. The number of amides is 2. The Morgan fingerprint density at radius 3 is 2.43 bits per heavy atom. The molecule has 166 valence electrons. The van der Waals surface area contributed by atoms with Gasteiger partial charge in [0.25, 0.3) is 11.5 Å². The van der Waals surface area contributed by atoms with Crippen LogP contribution in [0.3, 0.4) is 0 Å². The molecule has 0 saturated carbocycles. The molecular weight excluding hydrogens is 386 g/mol. The van der Waals surface area contributed by atoms with Crippen molar-refractivity contribution in [2.45, 2.75) is 51.0 Å². The highest BCUT2D eigenvalue weighted by Crippen LogP contribution is 2.20. The molecule has 0 radical (unpaired) electrons. The largest absolute Gasteiger partial charge is 0.356 e. The van der Waals surface area contributed by atoms with Crippen molar-refractivity contribution in [1.82, 2.24) is 24.3 Å². The van der Waals surface area contributed by atoms with Crippen LogP contribution in [0.2, 0.25) is 0 Å². The predicted octanol–water partition coefficient (Wildman–Crippen LogP) is 0.0709. The number of nitrogens with one attached hydrogen (secondary N) is 1. The molecule has 3 rings (SSSR count). The Labute approximate surface area is 176 Å². The molecule has 2 aliphatic heterocycles. The molecule has 30 heavy (non-hydrogen) atoms. The van der Waals surface area contributed by atoms with Gasteiger partial charge in [0.05, 0.1) is 0 Å². The summed E-state index contributed by atoms with van der Waals surface area (Å²) in [5, 5.41) is 3.00. The van der Waals surface area contributed by atoms with Crippen LogP contribution in [-0.2, 0) is 18.9 Å². The first-order chi connectivity index (χ1) is 14.4. The number of hydrogen-bond donors (Lipinski definition) is 1. The number of piperidine rings is 1. The van der Waals surface area contributed by atoms with E-state index in [9.17, 15) is 19.2 Å². The summed E-state index contributed by atoms with van der Waals surface area (Å²) in [7, 11) is 2.92. The van der Waals surface area contributed by atoms with Gasteiger partial charge in [-0.05, 0) is 38.6 Å². The first kappa shape index (κ1) is 22.3. The summed E-state index contributed by atoms with van der Waals surface area (Å²) < 4.78 is 2.24. The van der Waals surface area contributed by atoms with Gasteiger partial charge in [0.1, 0.15) is 5.69 Å². The highest BCUT2D eigenvalue weighted by Gasteiger charge is 2.26. The summed E-state index contributed by atoms with van der Waals surface area (Å²) in [6, 6.07) is 1.51. The van der Waals surface area contributed by atoms with Crippen molar-refractivity contribution in [2.24, 2.45) is 14.1 Å². The standard InChI is InChI=1S/C21H33N5O4/c1-23-17(15-19(28)24(2)21(23)30)20(29)26-11-6-4-9-22-18(27)14-16-8-3-5-10-25(16)12-7-13-26/h15-16H,3-14H2,1-2H3,(H,22,27). The third-order valence-electron chi connectivity index (χ3n) is 6.25. The van der Waals surface area contributed by atoms with Crippen LogP contribution in [0.4, 0.5) is 0 Å². The Balaban J connectivity index is 1.77. The van der Waals surface area contributed by atoms with Gasteiger partial charge < -0.3 is 10.2 Å². The molecule has 0 spiro atoms. The fraction of sp³-hybridized carbons (Fsp3) is 0.714. The molecule has 0 aliphatic carbocycles. The van der Waals surface area contributed by atoms with E-state index in [0.29, 0.717) is 26.1 Å². The number of fused-ring (bicyclic) bond motifs is 1. The highest BCUT2D eigenvalue weighted by molar-refractivity contribution is 5.92. The van der Waals surface area contributed by atoms with Crippen molar-refractivity contribution < 1.29 is 9.59 Å². The zero-order valence-corrected chi connectivity index (χ0v) is 18.1. The smallest absolute Gasteiger partial charge is 0.331 e. The summed E-state index contributed by atoms with van der Waals surface area (Å²) in [4.78, 5) is 53.9. The average molecular weight is 420 g/mol. The normalized spacial score (nSPS) is 22.3. The molecule has 9 nitrogen and oxygen atoms in total. The molecule has 0 bridgehead atoms. The van der Waals surface area contributed by atoms with Gasteiger partial charge in [-0.3, -0.25) is 28.4 Å². The minimum absolute atomic E-state index is 0.106. The van der Waals surface area contributed by atoms with Crippen LogP contribution < -0.4 is 16.6 Å². The van der Waals surface area contributed by atoms with Gasteiger partial charge in [0, 0.05) is 58.8 Å². The van der Waals surface area contributed by atoms with E-state index >= 15 is 0 Å². The molecule has 1 atom stereocenters. The summed E-state index contributed by atoms with van der Waals surface area (Å²) in [6.45, 7) is 3.50. The molecule has 9 heteroatoms. The molecule has 1 N–H and O–H groups in total. The van der Waals surface area contributed by atoms with Crippen molar-refractivity contribution in [1.29, 1.82) is 0 Å². The SMILES string of the molecule is Cn1c(C(=O)N2CCCCNC(=O)CC3CCCCN3CCC2)cc(=O)n(C)c1=O. The van der Waals surface area contributed by atoms with E-state index in [1.807, 2.05) is 0 Å². The highest BCUT2D eigenvalue weighted by atomic mass is 16.2. The van der Waals surface area contributed by atoms with Crippen LogP contribution in [0.25, 0.3) is 0 Å². The first-order valence-electron chi connectivity index (χ1n) is 11.0. The lowest BCUT2D eigenvalue weighted by Crippen LogP contribution is -2.44. The van der Waals surface area contributed by atoms with Crippen LogP contribution in [0.1, 0.15) is 55.4 Å². The molecule has 2 aliphatic rings. The number of hydrogen-bond acceptors (Lipinski definition) is 5. The van der Waals surface area contributed by atoms with Gasteiger partial charge in [-0.1, -0.05) is 6.42 Å². The third kappa shape index (κ3) is 5.19. The molecular formula is C21H33N5O4. The van der Waals surface area contributed by atoms with Gasteiger partial charge in [-0.2, -0.15) is 0 Å². The number of nitrogens with zero attached hydrogens (tertiary/aromatic N) is 4. The van der Waals surface area contributed by atoms with E-state index in [1.165, 1.54) is 24.7 Å². The summed E-state index contributed by atoms with van der Waals surface area (Å²) >= 11 is 0. The Bertz CT molecular complexity index is 890. The molecule has 2 amide bonds. The number of carbonyl (C=O) groups excluding carboxylic acids is 2. The van der Waals surface area contributed by atoms with Crippen LogP contribution in [0, 0.1) is 0 Å². The maximum Gasteiger partial charge on any atom is 0.331 e. The molecule has 1 unspecified atom stereocenters. The fourth-order valence-corrected chi connectivity index (χ4v) is 4.41. The van der Waals surface area contributed by atoms with Crippen LogP contribution in [0.15, 0.2) is 15.7 Å². The lowest BCUT2D eigenvalue weighted by Gasteiger charge is -2.35. The molecule has 2 fully saturated rings. The lowest BCUT2D eigenvalue weighted by molar-refractivity contribution is -0.122. The zero-order valence-electron chi connectivity index (χ0n) is 18.1. The quantitative estimate of drug-likeness (QED) is 0.695. The van der Waals surface area contributed by atoms with Gasteiger partial charge >= 0.3 is 5.69 Å². The van der Waals surface area contributed by atoms with E-state index in [2.05, 4.69) is 10.2 Å². The number of aromatic nitrogens is 2. The minimum atomic E-state index is -0.504. The van der Waals surface area contributed by atoms with E-state index in [4.69, 9.17) is 0 Å². The van der Waals surface area contributed by atoms with Crippen LogP contribution in [-0.4, -0.2) is 69.5 Å². The molecule has 1 aromatic rings. The Hall–Kier alpha value is -2.42. The van der Waals surface area contributed by atoms with E-state index in [-0.39, 0.29) is 23.6 Å². The first-order valence-corrected chi connectivity index (χ1v) is 11.0. The van der Waals surface area contributed by atoms with Crippen molar-refractivity contribution in [3.63, 3.8) is 0 Å². The van der Waals surface area contributed by atoms with E-state index in [1.54, 1.807) is 4.90 Å². The molecule has 0 aromatic carbocycles. The van der Waals surface area contributed by atoms with Gasteiger partial charge in [0.15, 0.2) is 0 Å². The number of carbonyl (C=O) groups is 2. The third-order valence-corrected chi connectivity index (χ3v) is 6.25. The fourth-order valence-electron chi connectivity index (χ4n) is 4.41. The number of rotatable bonds is 1. The van der Waals surface area contributed by atoms with Crippen molar-refractivity contribution >= 4 is 11.8 Å². The topological polar surface area (TPSA) is 96.7 Å². The average Bonchev–Trinajstić information content (AvgIpc) is 2.75. The maximum atomic E-state index is 13.2. The summed E-state index contributed by atoms with van der Waals surface area (Å²) in [5.41, 5.74) is -0.863. The maximum absolute atomic E-state index is 13.2. The summed E-state index contributed by atoms with van der Waals surface area (Å²) in [5.74, 6) is -0.185. The van der Waals surface area contributed by atoms with Crippen LogP contribution in [0.5, 0.6) is 0 Å². The van der Waals surface area contributed by atoms with Gasteiger partial charge in [-0.15, -0.1) is 0 Å². The van der Waals surface area contributed by atoms with Crippen LogP contribution >= 0.6 is 0 Å². The monoisotopic (exact) mass is 419 g/mol. The van der Waals surface area contributed by atoms with Gasteiger partial charge in [0.2, 0.25) is 5.91 Å². The van der Waals surface area contributed by atoms with E-state index in [0.717, 1.165) is 56.2 Å². The second kappa shape index (κ2) is 10.1. The Morgan fingerprint density at radius 1 is 0.933 bits per heavy atom. The van der Waals surface area contributed by atoms with Crippen molar-refractivity contribution in [2.75, 3.05) is 32.7 Å². The Morgan fingerprint density at radius 2 is 1.63 bits per heavy atom. The molecule has 1 aromatic heterocycles. The zero-order chi connectivity index (χ0) is 21.7. The van der Waals surface area contributed by atoms with Crippen molar-refractivity contribution in [3.8, 4) is 0 Å². The molecule has 2 saturated heterocycles. The van der Waals surface area contributed by atoms with Gasteiger partial charge in [-0.25, -0.2) is 4.79 Å². The predicted molar refractivity (Wildman–Crippen MR) is 114 cm³/mol. The lowest BCUT2D eigenvalue weighted by atomic mass is 9.98.